The number of nitrogens with zero attached hydrogens (tertiary/aromatic N) is 2. The lowest BCUT2D eigenvalue weighted by atomic mass is 9.92. The summed E-state index contributed by atoms with van der Waals surface area (Å²) in [6.45, 7) is 4.01. The number of carbonyl (C=O) groups is 2. The summed E-state index contributed by atoms with van der Waals surface area (Å²) in [5.74, 6) is 0.464. The van der Waals surface area contributed by atoms with Gasteiger partial charge in [0.25, 0.3) is 0 Å². The fourth-order valence-corrected chi connectivity index (χ4v) is 4.57. The largest absolute Gasteiger partial charge is 0.493 e. The zero-order valence-corrected chi connectivity index (χ0v) is 23.4. The zero-order valence-electron chi connectivity index (χ0n) is 22.7. The number of pyridine rings is 1. The number of amides is 1. The number of benzene rings is 3. The highest BCUT2D eigenvalue weighted by Gasteiger charge is 2.20. The molecular formula is C31H29ClN2O5. The molecule has 0 aliphatic carbocycles. The lowest BCUT2D eigenvalue weighted by Crippen LogP contribution is -2.25. The van der Waals surface area contributed by atoms with Crippen molar-refractivity contribution in [1.29, 1.82) is 0 Å². The molecule has 0 N–H and O–H groups in total. The summed E-state index contributed by atoms with van der Waals surface area (Å²) in [7, 11) is 6.07. The van der Waals surface area contributed by atoms with E-state index in [2.05, 4.69) is 11.1 Å². The number of halogens is 1. The summed E-state index contributed by atoms with van der Waals surface area (Å²) in [6.07, 6.45) is 4.13. The highest BCUT2D eigenvalue weighted by Crippen LogP contribution is 2.40. The van der Waals surface area contributed by atoms with E-state index in [0.29, 0.717) is 16.1 Å². The standard InChI is InChI=1S/C31H29ClN2O5/c1-18-13-19(2)29-22(14-18)28(21-9-7-8-10-24(21)32)23(17-33-29)25(35)12-11-20-15-26(37-5)30(27(16-20)38-6)39-31(36)34(3)4/h7-17H,1-6H3. The van der Waals surface area contributed by atoms with Crippen molar-refractivity contribution in [2.24, 2.45) is 0 Å². The van der Waals surface area contributed by atoms with Crippen LogP contribution in [0, 0.1) is 13.8 Å². The van der Waals surface area contributed by atoms with Gasteiger partial charge in [0, 0.05) is 47.4 Å². The van der Waals surface area contributed by atoms with Crippen LogP contribution in [0.5, 0.6) is 17.2 Å². The molecule has 3 aromatic carbocycles. The Labute approximate surface area is 232 Å². The number of hydrogen-bond donors (Lipinski definition) is 0. The van der Waals surface area contributed by atoms with Crippen molar-refractivity contribution < 1.29 is 23.8 Å². The maximum Gasteiger partial charge on any atom is 0.414 e. The molecule has 4 rings (SSSR count). The molecule has 0 bridgehead atoms. The molecule has 7 nitrogen and oxygen atoms in total. The molecule has 0 spiro atoms. The van der Waals surface area contributed by atoms with Gasteiger partial charge in [-0.25, -0.2) is 4.79 Å². The average molecular weight is 545 g/mol. The van der Waals surface area contributed by atoms with Crippen molar-refractivity contribution in [2.45, 2.75) is 13.8 Å². The first-order valence-electron chi connectivity index (χ1n) is 12.2. The Hall–Kier alpha value is -4.36. The van der Waals surface area contributed by atoms with Crippen LogP contribution in [0.1, 0.15) is 27.0 Å². The average Bonchev–Trinajstić information content (AvgIpc) is 2.91. The summed E-state index contributed by atoms with van der Waals surface area (Å²) in [5.41, 5.74) is 5.41. The number of allylic oxidation sites excluding steroid dienone is 1. The Morgan fingerprint density at radius 1 is 0.974 bits per heavy atom. The van der Waals surface area contributed by atoms with Gasteiger partial charge in [-0.05, 0) is 55.3 Å². The van der Waals surface area contributed by atoms with Gasteiger partial charge in [-0.2, -0.15) is 0 Å². The van der Waals surface area contributed by atoms with Crippen molar-refractivity contribution in [1.82, 2.24) is 9.88 Å². The van der Waals surface area contributed by atoms with Crippen LogP contribution in [-0.2, 0) is 0 Å². The van der Waals surface area contributed by atoms with Crippen molar-refractivity contribution in [2.75, 3.05) is 28.3 Å². The van der Waals surface area contributed by atoms with E-state index >= 15 is 0 Å². The second-order valence-electron chi connectivity index (χ2n) is 9.22. The van der Waals surface area contributed by atoms with Gasteiger partial charge in [0.2, 0.25) is 5.75 Å². The monoisotopic (exact) mass is 544 g/mol. The molecule has 0 atom stereocenters. The van der Waals surface area contributed by atoms with Crippen molar-refractivity contribution >= 4 is 40.5 Å². The van der Waals surface area contributed by atoms with Gasteiger partial charge in [-0.3, -0.25) is 9.78 Å². The van der Waals surface area contributed by atoms with Crippen LogP contribution < -0.4 is 14.2 Å². The van der Waals surface area contributed by atoms with E-state index in [1.165, 1.54) is 25.2 Å². The Kier molecular flexibility index (Phi) is 8.21. The number of hydrogen-bond acceptors (Lipinski definition) is 6. The quantitative estimate of drug-likeness (QED) is 0.182. The lowest BCUT2D eigenvalue weighted by Gasteiger charge is -2.16. The molecule has 0 unspecified atom stereocenters. The van der Waals surface area contributed by atoms with Gasteiger partial charge in [-0.1, -0.05) is 47.5 Å². The molecular weight excluding hydrogens is 516 g/mol. The number of rotatable bonds is 7. The lowest BCUT2D eigenvalue weighted by molar-refractivity contribution is 0.104. The first kappa shape index (κ1) is 27.7. The van der Waals surface area contributed by atoms with Gasteiger partial charge in [-0.15, -0.1) is 0 Å². The predicted octanol–water partition coefficient (Wildman–Crippen LogP) is 7.15. The molecule has 0 fully saturated rings. The van der Waals surface area contributed by atoms with Gasteiger partial charge >= 0.3 is 6.09 Å². The van der Waals surface area contributed by atoms with E-state index < -0.39 is 6.09 Å². The molecule has 200 valence electrons. The van der Waals surface area contributed by atoms with E-state index in [9.17, 15) is 9.59 Å². The van der Waals surface area contributed by atoms with Crippen molar-refractivity contribution in [3.8, 4) is 28.4 Å². The molecule has 0 saturated heterocycles. The Morgan fingerprint density at radius 3 is 2.26 bits per heavy atom. The van der Waals surface area contributed by atoms with Crippen LogP contribution in [0.2, 0.25) is 5.02 Å². The van der Waals surface area contributed by atoms with Crippen LogP contribution in [0.3, 0.4) is 0 Å². The number of methoxy groups -OCH3 is 2. The Bertz CT molecular complexity index is 1590. The molecule has 1 heterocycles. The van der Waals surface area contributed by atoms with Crippen LogP contribution in [-0.4, -0.2) is 50.1 Å². The number of aromatic nitrogens is 1. The van der Waals surface area contributed by atoms with Gasteiger partial charge in [0.15, 0.2) is 17.3 Å². The molecule has 8 heteroatoms. The molecule has 0 aliphatic heterocycles. The second-order valence-corrected chi connectivity index (χ2v) is 9.63. The third-order valence-electron chi connectivity index (χ3n) is 6.18. The van der Waals surface area contributed by atoms with E-state index in [4.69, 9.17) is 25.8 Å². The van der Waals surface area contributed by atoms with Crippen LogP contribution in [0.4, 0.5) is 4.79 Å². The number of fused-ring (bicyclic) bond motifs is 1. The first-order chi connectivity index (χ1) is 18.6. The minimum Gasteiger partial charge on any atom is -0.493 e. The van der Waals surface area contributed by atoms with Gasteiger partial charge < -0.3 is 19.1 Å². The highest BCUT2D eigenvalue weighted by atomic mass is 35.5. The molecule has 0 aliphatic rings. The number of aryl methyl sites for hydroxylation is 2. The minimum atomic E-state index is -0.577. The topological polar surface area (TPSA) is 78.0 Å². The fraction of sp³-hybridized carbons (Fsp3) is 0.194. The zero-order chi connectivity index (χ0) is 28.3. The normalized spacial score (nSPS) is 11.1. The number of ether oxygens (including phenoxy) is 3. The summed E-state index contributed by atoms with van der Waals surface area (Å²) < 4.78 is 16.3. The summed E-state index contributed by atoms with van der Waals surface area (Å²) in [5, 5.41) is 1.40. The van der Waals surface area contributed by atoms with E-state index in [0.717, 1.165) is 33.2 Å². The van der Waals surface area contributed by atoms with Crippen LogP contribution in [0.15, 0.2) is 60.8 Å². The molecule has 1 amide bonds. The smallest absolute Gasteiger partial charge is 0.414 e. The van der Waals surface area contributed by atoms with E-state index in [1.807, 2.05) is 38.1 Å². The van der Waals surface area contributed by atoms with E-state index in [1.54, 1.807) is 44.6 Å². The van der Waals surface area contributed by atoms with Crippen LogP contribution >= 0.6 is 11.6 Å². The Morgan fingerprint density at radius 2 is 1.64 bits per heavy atom. The summed E-state index contributed by atoms with van der Waals surface area (Å²) in [6, 6.07) is 14.9. The maximum absolute atomic E-state index is 13.6. The third-order valence-corrected chi connectivity index (χ3v) is 6.51. The molecule has 39 heavy (non-hydrogen) atoms. The maximum atomic E-state index is 13.6. The van der Waals surface area contributed by atoms with E-state index in [-0.39, 0.29) is 23.0 Å². The summed E-state index contributed by atoms with van der Waals surface area (Å²) >= 11 is 6.61. The first-order valence-corrected chi connectivity index (χ1v) is 12.5. The third kappa shape index (κ3) is 5.73. The SMILES string of the molecule is COc1cc(C=CC(=O)c2cnc3c(C)cc(C)cc3c2-c2ccccc2Cl)cc(OC)c1OC(=O)N(C)C. The van der Waals surface area contributed by atoms with Crippen molar-refractivity contribution in [3.05, 3.63) is 88.1 Å². The molecule has 4 aromatic rings. The van der Waals surface area contributed by atoms with Gasteiger partial charge in [0.1, 0.15) is 0 Å². The molecule has 0 radical (unpaired) electrons. The minimum absolute atomic E-state index is 0.146. The predicted molar refractivity (Wildman–Crippen MR) is 154 cm³/mol. The second kappa shape index (κ2) is 11.6. The number of ketones is 1. The van der Waals surface area contributed by atoms with Crippen molar-refractivity contribution in [3.63, 3.8) is 0 Å². The fourth-order valence-electron chi connectivity index (χ4n) is 4.34. The highest BCUT2D eigenvalue weighted by molar-refractivity contribution is 6.34. The van der Waals surface area contributed by atoms with Gasteiger partial charge in [0.05, 0.1) is 19.7 Å². The number of carbonyl (C=O) groups excluding carboxylic acids is 2. The Balaban J connectivity index is 1.80. The van der Waals surface area contributed by atoms with Crippen LogP contribution in [0.25, 0.3) is 28.1 Å². The summed E-state index contributed by atoms with van der Waals surface area (Å²) in [4.78, 5) is 31.7. The molecule has 0 saturated carbocycles. The molecule has 1 aromatic heterocycles.